The van der Waals surface area contributed by atoms with E-state index in [0.717, 1.165) is 16.9 Å². The van der Waals surface area contributed by atoms with Crippen LogP contribution in [-0.4, -0.2) is 31.9 Å². The summed E-state index contributed by atoms with van der Waals surface area (Å²) in [7, 11) is 3.15. The van der Waals surface area contributed by atoms with Crippen LogP contribution in [0.3, 0.4) is 0 Å². The maximum absolute atomic E-state index is 12.2. The van der Waals surface area contributed by atoms with Crippen molar-refractivity contribution in [2.75, 3.05) is 20.8 Å². The summed E-state index contributed by atoms with van der Waals surface area (Å²) in [5.41, 5.74) is 1.12. The van der Waals surface area contributed by atoms with Gasteiger partial charge in [-0.15, -0.1) is 0 Å². The van der Waals surface area contributed by atoms with Gasteiger partial charge in [0.2, 0.25) is 0 Å². The fourth-order valence-corrected chi connectivity index (χ4v) is 3.41. The van der Waals surface area contributed by atoms with Crippen LogP contribution in [0.4, 0.5) is 0 Å². The number of methoxy groups -OCH3 is 2. The minimum Gasteiger partial charge on any atom is -0.497 e. The molecule has 25 heavy (non-hydrogen) atoms. The van der Waals surface area contributed by atoms with Crippen molar-refractivity contribution in [3.8, 4) is 11.5 Å². The van der Waals surface area contributed by atoms with Gasteiger partial charge in [0.25, 0.3) is 0 Å². The van der Waals surface area contributed by atoms with E-state index in [2.05, 4.69) is 0 Å². The maximum Gasteiger partial charge on any atom is 0.340 e. The predicted molar refractivity (Wildman–Crippen MR) is 93.3 cm³/mol. The molecule has 3 rings (SSSR count). The molecule has 2 aromatic rings. The summed E-state index contributed by atoms with van der Waals surface area (Å²) in [6, 6.07) is 13.2. The minimum atomic E-state index is -1.41. The Labute approximate surface area is 147 Å². The molecule has 0 aromatic heterocycles. The highest BCUT2D eigenvalue weighted by molar-refractivity contribution is 5.81. The Morgan fingerprint density at radius 3 is 2.68 bits per heavy atom. The van der Waals surface area contributed by atoms with Crippen LogP contribution in [0.15, 0.2) is 42.5 Å². The molecule has 0 aliphatic carbocycles. The highest BCUT2D eigenvalue weighted by Crippen LogP contribution is 2.47. The number of rotatable bonds is 5. The van der Waals surface area contributed by atoms with Gasteiger partial charge in [-0.1, -0.05) is 23.8 Å². The van der Waals surface area contributed by atoms with Gasteiger partial charge in [-0.05, 0) is 36.8 Å². The Hall–Kier alpha value is -2.53. The third-order valence-corrected chi connectivity index (χ3v) is 4.77. The number of ether oxygens (including phenoxy) is 3. The molecule has 0 saturated carbocycles. The lowest BCUT2D eigenvalue weighted by molar-refractivity contribution is -0.161. The zero-order valence-electron chi connectivity index (χ0n) is 14.6. The first-order valence-corrected chi connectivity index (χ1v) is 8.16. The fraction of sp³-hybridized carbons (Fsp3) is 0.350. The Morgan fingerprint density at radius 1 is 1.20 bits per heavy atom. The molecule has 1 aliphatic rings. The molecule has 1 saturated heterocycles. The SMILES string of the molecule is COc1cccc(C2COC(C(=O)O)(c3cc(C)ccc3OC)C2)c1. The van der Waals surface area contributed by atoms with Crippen LogP contribution >= 0.6 is 0 Å². The molecule has 1 aliphatic heterocycles. The van der Waals surface area contributed by atoms with Gasteiger partial charge in [0.1, 0.15) is 11.5 Å². The van der Waals surface area contributed by atoms with Crippen LogP contribution in [0.2, 0.25) is 0 Å². The highest BCUT2D eigenvalue weighted by atomic mass is 16.5. The largest absolute Gasteiger partial charge is 0.497 e. The minimum absolute atomic E-state index is 0.0311. The van der Waals surface area contributed by atoms with E-state index in [0.29, 0.717) is 24.3 Å². The van der Waals surface area contributed by atoms with Crippen molar-refractivity contribution in [1.29, 1.82) is 0 Å². The molecule has 5 heteroatoms. The van der Waals surface area contributed by atoms with Crippen molar-refractivity contribution in [3.63, 3.8) is 0 Å². The smallest absolute Gasteiger partial charge is 0.340 e. The van der Waals surface area contributed by atoms with E-state index in [4.69, 9.17) is 14.2 Å². The molecule has 0 amide bonds. The number of carbonyl (C=O) groups is 1. The van der Waals surface area contributed by atoms with Crippen LogP contribution < -0.4 is 9.47 Å². The van der Waals surface area contributed by atoms with Crippen LogP contribution in [0.25, 0.3) is 0 Å². The average molecular weight is 342 g/mol. The zero-order chi connectivity index (χ0) is 18.0. The topological polar surface area (TPSA) is 65.0 Å². The van der Waals surface area contributed by atoms with E-state index in [1.165, 1.54) is 7.11 Å². The zero-order valence-corrected chi connectivity index (χ0v) is 14.6. The summed E-state index contributed by atoms with van der Waals surface area (Å²) in [4.78, 5) is 12.2. The van der Waals surface area contributed by atoms with E-state index < -0.39 is 11.6 Å². The predicted octanol–water partition coefficient (Wildman–Crippen LogP) is 3.50. The second-order valence-electron chi connectivity index (χ2n) is 6.32. The molecule has 0 spiro atoms. The molecule has 132 valence electrons. The third-order valence-electron chi connectivity index (χ3n) is 4.77. The number of aliphatic carboxylic acids is 1. The number of carboxylic acids is 1. The molecule has 0 radical (unpaired) electrons. The second kappa shape index (κ2) is 6.76. The van der Waals surface area contributed by atoms with Crippen molar-refractivity contribution in [3.05, 3.63) is 59.2 Å². The Bertz CT molecular complexity index is 785. The quantitative estimate of drug-likeness (QED) is 0.901. The van der Waals surface area contributed by atoms with E-state index in [9.17, 15) is 9.90 Å². The Morgan fingerprint density at radius 2 is 2.00 bits per heavy atom. The molecule has 1 heterocycles. The summed E-state index contributed by atoms with van der Waals surface area (Å²) < 4.78 is 16.6. The molecule has 5 nitrogen and oxygen atoms in total. The van der Waals surface area contributed by atoms with Gasteiger partial charge in [0, 0.05) is 17.9 Å². The first-order valence-electron chi connectivity index (χ1n) is 8.16. The van der Waals surface area contributed by atoms with Crippen molar-refractivity contribution in [2.24, 2.45) is 0 Å². The second-order valence-corrected chi connectivity index (χ2v) is 6.32. The van der Waals surface area contributed by atoms with Crippen LogP contribution in [0.1, 0.15) is 29.0 Å². The normalized spacial score (nSPS) is 22.6. The number of hydrogen-bond donors (Lipinski definition) is 1. The fourth-order valence-electron chi connectivity index (χ4n) is 3.41. The van der Waals surface area contributed by atoms with Gasteiger partial charge >= 0.3 is 5.97 Å². The number of carboxylic acid groups (broad SMARTS) is 1. The van der Waals surface area contributed by atoms with E-state index in [1.807, 2.05) is 43.3 Å². The summed E-state index contributed by atoms with van der Waals surface area (Å²) in [6.07, 6.45) is 0.343. The number of hydrogen-bond acceptors (Lipinski definition) is 4. The van der Waals surface area contributed by atoms with Crippen LogP contribution in [0.5, 0.6) is 11.5 Å². The Kier molecular flexibility index (Phi) is 4.68. The molecule has 1 fully saturated rings. The number of benzene rings is 2. The molecule has 1 N–H and O–H groups in total. The third kappa shape index (κ3) is 3.07. The summed E-state index contributed by atoms with van der Waals surface area (Å²) in [5.74, 6) is 0.246. The Balaban J connectivity index is 2.01. The lowest BCUT2D eigenvalue weighted by atomic mass is 9.83. The average Bonchev–Trinajstić information content (AvgIpc) is 3.08. The first-order chi connectivity index (χ1) is 12.0. The lowest BCUT2D eigenvalue weighted by Gasteiger charge is -2.26. The highest BCUT2D eigenvalue weighted by Gasteiger charge is 2.50. The lowest BCUT2D eigenvalue weighted by Crippen LogP contribution is -2.35. The molecular weight excluding hydrogens is 320 g/mol. The van der Waals surface area contributed by atoms with Crippen LogP contribution in [-0.2, 0) is 15.1 Å². The van der Waals surface area contributed by atoms with Gasteiger partial charge in [-0.25, -0.2) is 4.79 Å². The first kappa shape index (κ1) is 17.3. The van der Waals surface area contributed by atoms with Gasteiger partial charge in [0.15, 0.2) is 5.60 Å². The standard InChI is InChI=1S/C20H22O5/c1-13-7-8-18(24-3)17(9-13)20(19(21)22)11-15(12-25-20)14-5-4-6-16(10-14)23-2/h4-10,15H,11-12H2,1-3H3,(H,21,22). The molecule has 2 unspecified atom stereocenters. The molecule has 0 bridgehead atoms. The molecule has 2 atom stereocenters. The van der Waals surface area contributed by atoms with E-state index in [-0.39, 0.29) is 5.92 Å². The number of aryl methyl sites for hydroxylation is 1. The van der Waals surface area contributed by atoms with Gasteiger partial charge in [0.05, 0.1) is 20.8 Å². The molecular formula is C20H22O5. The maximum atomic E-state index is 12.2. The van der Waals surface area contributed by atoms with Crippen LogP contribution in [0, 0.1) is 6.92 Å². The van der Waals surface area contributed by atoms with Gasteiger partial charge in [-0.3, -0.25) is 0 Å². The van der Waals surface area contributed by atoms with Gasteiger partial charge in [-0.2, -0.15) is 0 Å². The summed E-state index contributed by atoms with van der Waals surface area (Å²) in [6.45, 7) is 2.25. The van der Waals surface area contributed by atoms with Gasteiger partial charge < -0.3 is 19.3 Å². The van der Waals surface area contributed by atoms with E-state index >= 15 is 0 Å². The summed E-state index contributed by atoms with van der Waals surface area (Å²) >= 11 is 0. The van der Waals surface area contributed by atoms with Crippen molar-refractivity contribution >= 4 is 5.97 Å². The molecule has 2 aromatic carbocycles. The summed E-state index contributed by atoms with van der Waals surface area (Å²) in [5, 5.41) is 9.99. The van der Waals surface area contributed by atoms with Crippen molar-refractivity contribution in [2.45, 2.75) is 24.9 Å². The van der Waals surface area contributed by atoms with Crippen molar-refractivity contribution in [1.82, 2.24) is 0 Å². The van der Waals surface area contributed by atoms with Crippen molar-refractivity contribution < 1.29 is 24.1 Å². The monoisotopic (exact) mass is 342 g/mol. The van der Waals surface area contributed by atoms with E-state index in [1.54, 1.807) is 13.2 Å².